The number of carbonyl (C=O) groups excluding carboxylic acids is 1. The summed E-state index contributed by atoms with van der Waals surface area (Å²) in [4.78, 5) is 25.5. The van der Waals surface area contributed by atoms with Gasteiger partial charge in [-0.05, 0) is 62.4 Å². The highest BCUT2D eigenvalue weighted by Crippen LogP contribution is 2.24. The Labute approximate surface area is 197 Å². The van der Waals surface area contributed by atoms with E-state index in [9.17, 15) is 4.79 Å². The Bertz CT molecular complexity index is 1250. The van der Waals surface area contributed by atoms with Crippen LogP contribution in [0, 0.1) is 6.92 Å². The van der Waals surface area contributed by atoms with Crippen LogP contribution in [0.4, 0.5) is 39.3 Å². The molecule has 2 aromatic carbocycles. The molecule has 0 radical (unpaired) electrons. The maximum Gasteiger partial charge on any atom is 0.323 e. The molecule has 0 unspecified atom stereocenters. The molecule has 9 nitrogen and oxygen atoms in total. The van der Waals surface area contributed by atoms with E-state index in [-0.39, 0.29) is 6.03 Å². The number of benzene rings is 2. The van der Waals surface area contributed by atoms with E-state index in [1.54, 1.807) is 30.5 Å². The maximum absolute atomic E-state index is 12.4. The van der Waals surface area contributed by atoms with E-state index in [1.165, 1.54) is 0 Å². The SMILES string of the molecule is CCOc1ccccc1NC(=O)Nc1ccc(Nc2cc(Nc3ccccn3)nc(C)n2)cc1. The summed E-state index contributed by atoms with van der Waals surface area (Å²) in [5, 5.41) is 12.1. The van der Waals surface area contributed by atoms with Crippen LogP contribution < -0.4 is 26.0 Å². The zero-order valence-corrected chi connectivity index (χ0v) is 18.9. The minimum atomic E-state index is -0.357. The molecule has 0 aliphatic rings. The number of urea groups is 1. The minimum absolute atomic E-state index is 0.357. The second-order valence-electron chi connectivity index (χ2n) is 7.24. The summed E-state index contributed by atoms with van der Waals surface area (Å²) in [6.07, 6.45) is 1.71. The number of hydrogen-bond acceptors (Lipinski definition) is 7. The van der Waals surface area contributed by atoms with Gasteiger partial charge in [0.2, 0.25) is 0 Å². The fourth-order valence-electron chi connectivity index (χ4n) is 3.18. The van der Waals surface area contributed by atoms with Gasteiger partial charge in [-0.25, -0.2) is 19.7 Å². The van der Waals surface area contributed by atoms with Crippen molar-refractivity contribution in [1.29, 1.82) is 0 Å². The van der Waals surface area contributed by atoms with E-state index < -0.39 is 0 Å². The van der Waals surface area contributed by atoms with Crippen LogP contribution >= 0.6 is 0 Å². The van der Waals surface area contributed by atoms with E-state index >= 15 is 0 Å². The number of anilines is 6. The summed E-state index contributed by atoms with van der Waals surface area (Å²) in [5.41, 5.74) is 2.07. The number of aryl methyl sites for hydroxylation is 1. The van der Waals surface area contributed by atoms with Gasteiger partial charge in [0.1, 0.15) is 29.0 Å². The lowest BCUT2D eigenvalue weighted by Gasteiger charge is -2.13. The van der Waals surface area contributed by atoms with Crippen molar-refractivity contribution >= 4 is 40.5 Å². The highest BCUT2D eigenvalue weighted by Gasteiger charge is 2.08. The summed E-state index contributed by atoms with van der Waals surface area (Å²) < 4.78 is 5.54. The lowest BCUT2D eigenvalue weighted by Crippen LogP contribution is -2.19. The average Bonchev–Trinajstić information content (AvgIpc) is 2.82. The Morgan fingerprint density at radius 3 is 2.26 bits per heavy atom. The first-order chi connectivity index (χ1) is 16.6. The molecule has 4 rings (SSSR count). The zero-order chi connectivity index (χ0) is 23.8. The molecule has 0 aliphatic heterocycles. The number of pyridine rings is 1. The number of ether oxygens (including phenoxy) is 1. The van der Waals surface area contributed by atoms with Crippen molar-refractivity contribution in [2.45, 2.75) is 13.8 Å². The Morgan fingerprint density at radius 1 is 0.824 bits per heavy atom. The zero-order valence-electron chi connectivity index (χ0n) is 18.9. The van der Waals surface area contributed by atoms with Gasteiger partial charge in [0.25, 0.3) is 0 Å². The summed E-state index contributed by atoms with van der Waals surface area (Å²) in [7, 11) is 0. The predicted octanol–water partition coefficient (Wildman–Crippen LogP) is 5.71. The van der Waals surface area contributed by atoms with Gasteiger partial charge in [-0.15, -0.1) is 0 Å². The first-order valence-electron chi connectivity index (χ1n) is 10.8. The number of aromatic nitrogens is 3. The van der Waals surface area contributed by atoms with Crippen LogP contribution in [-0.4, -0.2) is 27.6 Å². The highest BCUT2D eigenvalue weighted by molar-refractivity contribution is 6.00. The Kier molecular flexibility index (Phi) is 7.14. The number of hydrogen-bond donors (Lipinski definition) is 4. The minimum Gasteiger partial charge on any atom is -0.492 e. The summed E-state index contributed by atoms with van der Waals surface area (Å²) in [6, 6.07) is 21.7. The van der Waals surface area contributed by atoms with Gasteiger partial charge in [0.05, 0.1) is 12.3 Å². The van der Waals surface area contributed by atoms with Gasteiger partial charge in [0.15, 0.2) is 0 Å². The monoisotopic (exact) mass is 455 g/mol. The molecule has 34 heavy (non-hydrogen) atoms. The third-order valence-electron chi connectivity index (χ3n) is 4.61. The van der Waals surface area contributed by atoms with Gasteiger partial charge in [-0.1, -0.05) is 18.2 Å². The largest absolute Gasteiger partial charge is 0.492 e. The molecule has 2 amide bonds. The smallest absolute Gasteiger partial charge is 0.323 e. The maximum atomic E-state index is 12.4. The predicted molar refractivity (Wildman–Crippen MR) is 134 cm³/mol. The molecule has 0 atom stereocenters. The first-order valence-corrected chi connectivity index (χ1v) is 10.8. The topological polar surface area (TPSA) is 113 Å². The summed E-state index contributed by atoms with van der Waals surface area (Å²) >= 11 is 0. The molecule has 0 spiro atoms. The van der Waals surface area contributed by atoms with Gasteiger partial charge in [-0.3, -0.25) is 0 Å². The molecule has 2 aromatic heterocycles. The lowest BCUT2D eigenvalue weighted by atomic mass is 10.2. The number of rotatable bonds is 8. The second kappa shape index (κ2) is 10.8. The third-order valence-corrected chi connectivity index (χ3v) is 4.61. The molecular formula is C25H25N7O2. The van der Waals surface area contributed by atoms with Crippen LogP contribution in [0.1, 0.15) is 12.7 Å². The fraction of sp³-hybridized carbons (Fsp3) is 0.120. The van der Waals surface area contributed by atoms with Crippen molar-refractivity contribution in [3.8, 4) is 5.75 Å². The summed E-state index contributed by atoms with van der Waals surface area (Å²) in [6.45, 7) is 4.23. The van der Waals surface area contributed by atoms with Crippen molar-refractivity contribution in [2.75, 3.05) is 27.9 Å². The van der Waals surface area contributed by atoms with Gasteiger partial charge >= 0.3 is 6.03 Å². The van der Waals surface area contributed by atoms with Crippen LogP contribution in [0.3, 0.4) is 0 Å². The van der Waals surface area contributed by atoms with Crippen LogP contribution in [0.15, 0.2) is 79.0 Å². The Morgan fingerprint density at radius 2 is 1.53 bits per heavy atom. The number of para-hydroxylation sites is 2. The normalized spacial score (nSPS) is 10.3. The molecule has 0 fully saturated rings. The molecule has 4 aromatic rings. The number of carbonyl (C=O) groups is 1. The van der Waals surface area contributed by atoms with Crippen LogP contribution in [0.25, 0.3) is 0 Å². The van der Waals surface area contributed by atoms with E-state index in [0.29, 0.717) is 47.0 Å². The molecule has 9 heteroatoms. The van der Waals surface area contributed by atoms with Crippen LogP contribution in [0.5, 0.6) is 5.75 Å². The lowest BCUT2D eigenvalue weighted by molar-refractivity contribution is 0.262. The molecule has 4 N–H and O–H groups in total. The number of nitrogens with one attached hydrogen (secondary N) is 4. The van der Waals surface area contributed by atoms with Crippen molar-refractivity contribution in [3.05, 3.63) is 84.8 Å². The molecule has 2 heterocycles. The number of amides is 2. The first kappa shape index (κ1) is 22.5. The molecular weight excluding hydrogens is 430 g/mol. The number of nitrogens with zero attached hydrogens (tertiary/aromatic N) is 3. The van der Waals surface area contributed by atoms with Crippen molar-refractivity contribution in [1.82, 2.24) is 15.0 Å². The highest BCUT2D eigenvalue weighted by atomic mass is 16.5. The van der Waals surface area contributed by atoms with Crippen molar-refractivity contribution < 1.29 is 9.53 Å². The quantitative estimate of drug-likeness (QED) is 0.269. The van der Waals surface area contributed by atoms with E-state index in [0.717, 1.165) is 5.69 Å². The van der Waals surface area contributed by atoms with Gasteiger partial charge < -0.3 is 26.0 Å². The molecule has 172 valence electrons. The Balaban J connectivity index is 1.38. The van der Waals surface area contributed by atoms with Crippen molar-refractivity contribution in [3.63, 3.8) is 0 Å². The second-order valence-corrected chi connectivity index (χ2v) is 7.24. The fourth-order valence-corrected chi connectivity index (χ4v) is 3.18. The van der Waals surface area contributed by atoms with Crippen molar-refractivity contribution in [2.24, 2.45) is 0 Å². The molecule has 0 aliphatic carbocycles. The standard InChI is InChI=1S/C25H25N7O2/c1-3-34-21-9-5-4-8-20(21)31-25(33)30-19-13-11-18(12-14-19)29-23-16-24(28-17(2)27-23)32-22-10-6-7-15-26-22/h4-16H,3H2,1-2H3,(H2,30,31,33)(H2,26,27,28,29,32). The third kappa shape index (κ3) is 6.19. The van der Waals surface area contributed by atoms with Crippen LogP contribution in [-0.2, 0) is 0 Å². The Hall–Kier alpha value is -4.66. The molecule has 0 bridgehead atoms. The van der Waals surface area contributed by atoms with E-state index in [1.807, 2.05) is 62.4 Å². The molecule has 0 saturated carbocycles. The summed E-state index contributed by atoms with van der Waals surface area (Å²) in [5.74, 6) is 3.21. The van der Waals surface area contributed by atoms with Gasteiger partial charge in [0, 0.05) is 23.6 Å². The average molecular weight is 456 g/mol. The van der Waals surface area contributed by atoms with E-state index in [2.05, 4.69) is 36.2 Å². The van der Waals surface area contributed by atoms with Gasteiger partial charge in [-0.2, -0.15) is 0 Å². The molecule has 0 saturated heterocycles. The van der Waals surface area contributed by atoms with E-state index in [4.69, 9.17) is 4.74 Å². The van der Waals surface area contributed by atoms with Crippen LogP contribution in [0.2, 0.25) is 0 Å².